The lowest BCUT2D eigenvalue weighted by Gasteiger charge is -2.56. The Balaban J connectivity index is 1.07. The van der Waals surface area contributed by atoms with Gasteiger partial charge in [-0.05, 0) is 62.6 Å². The van der Waals surface area contributed by atoms with Crippen molar-refractivity contribution >= 4 is 23.4 Å². The zero-order chi connectivity index (χ0) is 30.0. The second-order valence-electron chi connectivity index (χ2n) is 12.8. The molecule has 3 atom stereocenters. The maximum absolute atomic E-state index is 13.7. The van der Waals surface area contributed by atoms with E-state index in [4.69, 9.17) is 21.1 Å². The van der Waals surface area contributed by atoms with Crippen LogP contribution in [-0.4, -0.2) is 64.3 Å². The van der Waals surface area contributed by atoms with Crippen molar-refractivity contribution in [2.24, 2.45) is 0 Å². The predicted octanol–water partition coefficient (Wildman–Crippen LogP) is 5.03. The molecule has 1 saturated heterocycles. The maximum atomic E-state index is 13.7. The zero-order valence-corrected chi connectivity index (χ0v) is 25.2. The van der Waals surface area contributed by atoms with E-state index in [9.17, 15) is 19.1 Å². The number of rotatable bonds is 8. The van der Waals surface area contributed by atoms with E-state index in [1.807, 2.05) is 18.2 Å². The predicted molar refractivity (Wildman–Crippen MR) is 160 cm³/mol. The monoisotopic (exact) mass is 613 g/mol. The Morgan fingerprint density at radius 3 is 2.42 bits per heavy atom. The second kappa shape index (κ2) is 12.7. The number of hydrogen-bond acceptors (Lipinski definition) is 6. The molecule has 2 amide bonds. The molecule has 0 spiro atoms. The number of nitrogens with one attached hydrogen (secondary N) is 2. The van der Waals surface area contributed by atoms with Crippen molar-refractivity contribution in [3.8, 4) is 5.75 Å². The molecule has 4 aliphatic carbocycles. The van der Waals surface area contributed by atoms with Gasteiger partial charge in [0.2, 0.25) is 0 Å². The Labute approximate surface area is 257 Å². The van der Waals surface area contributed by atoms with Gasteiger partial charge in [-0.2, -0.15) is 0 Å². The molecule has 10 heteroatoms. The number of carbonyl (C=O) groups is 2. The highest BCUT2D eigenvalue weighted by molar-refractivity contribution is 6.30. The average molecular weight is 614 g/mol. The van der Waals surface area contributed by atoms with Gasteiger partial charge < -0.3 is 25.2 Å². The summed E-state index contributed by atoms with van der Waals surface area (Å²) in [5.74, 6) is -0.948. The first kappa shape index (κ1) is 30.3. The number of amides is 2. The number of ether oxygens (including phenoxy) is 2. The lowest BCUT2D eigenvalue weighted by Crippen LogP contribution is -2.71. The molecule has 0 aromatic heterocycles. The Morgan fingerprint density at radius 1 is 1.02 bits per heavy atom. The number of aliphatic hydroxyl groups excluding tert-OH is 1. The molecular formula is C33H41ClFN3O5. The van der Waals surface area contributed by atoms with Gasteiger partial charge in [-0.25, -0.2) is 4.39 Å². The number of aliphatic hydroxyl groups is 1. The van der Waals surface area contributed by atoms with Crippen molar-refractivity contribution in [3.63, 3.8) is 0 Å². The summed E-state index contributed by atoms with van der Waals surface area (Å²) in [6, 6.07) is 14.5. The van der Waals surface area contributed by atoms with E-state index >= 15 is 0 Å². The minimum Gasteiger partial charge on any atom is -0.484 e. The molecule has 7 rings (SSSR count). The van der Waals surface area contributed by atoms with Crippen molar-refractivity contribution in [1.29, 1.82) is 0 Å². The number of carbonyl (C=O) groups excluding carboxylic acids is 2. The van der Waals surface area contributed by atoms with Crippen LogP contribution >= 0.6 is 11.6 Å². The molecule has 2 aromatic carbocycles. The van der Waals surface area contributed by atoms with Crippen LogP contribution in [0.4, 0.5) is 4.39 Å². The highest BCUT2D eigenvalue weighted by atomic mass is 35.5. The fourth-order valence-electron chi connectivity index (χ4n) is 7.56. The molecular weight excluding hydrogens is 573 g/mol. The van der Waals surface area contributed by atoms with Gasteiger partial charge in [-0.1, -0.05) is 67.6 Å². The van der Waals surface area contributed by atoms with Crippen molar-refractivity contribution in [1.82, 2.24) is 15.5 Å². The first-order valence-corrected chi connectivity index (χ1v) is 16.0. The van der Waals surface area contributed by atoms with Gasteiger partial charge in [0.25, 0.3) is 11.8 Å². The third-order valence-electron chi connectivity index (χ3n) is 10.0. The van der Waals surface area contributed by atoms with Crippen LogP contribution in [-0.2, 0) is 14.3 Å². The van der Waals surface area contributed by atoms with Crippen molar-refractivity contribution in [2.45, 2.75) is 106 Å². The summed E-state index contributed by atoms with van der Waals surface area (Å²) in [7, 11) is 0. The fraction of sp³-hybridized carbons (Fsp3) is 0.576. The Bertz CT molecular complexity index is 1300. The SMILES string of the molecule is O=C(COc1ccc(Cl)c(F)c1)NC12CCC(NC(=O)C3CN(C4CCCCCC4)C(c4ccccc4)O3)(CC1)C[C@@H]2O. The number of fused-ring (bicyclic) bond motifs is 3. The van der Waals surface area contributed by atoms with E-state index in [2.05, 4.69) is 27.7 Å². The topological polar surface area (TPSA) is 100 Å². The molecule has 232 valence electrons. The van der Waals surface area contributed by atoms with Crippen molar-refractivity contribution in [3.05, 3.63) is 64.9 Å². The quantitative estimate of drug-likeness (QED) is 0.361. The van der Waals surface area contributed by atoms with Crippen LogP contribution in [0.3, 0.4) is 0 Å². The molecule has 5 fully saturated rings. The van der Waals surface area contributed by atoms with E-state index in [1.165, 1.54) is 37.8 Å². The summed E-state index contributed by atoms with van der Waals surface area (Å²) in [6.07, 6.45) is 8.17. The summed E-state index contributed by atoms with van der Waals surface area (Å²) < 4.78 is 25.6. The van der Waals surface area contributed by atoms with Crippen LogP contribution in [0.5, 0.6) is 5.75 Å². The van der Waals surface area contributed by atoms with Gasteiger partial charge in [0.1, 0.15) is 17.8 Å². The molecule has 1 heterocycles. The molecule has 0 radical (unpaired) electrons. The van der Waals surface area contributed by atoms with Gasteiger partial charge in [0.05, 0.1) is 16.7 Å². The van der Waals surface area contributed by atoms with Gasteiger partial charge in [0, 0.05) is 24.2 Å². The summed E-state index contributed by atoms with van der Waals surface area (Å²) in [6.45, 7) is 0.239. The molecule has 5 aliphatic rings. The van der Waals surface area contributed by atoms with Crippen LogP contribution in [0.15, 0.2) is 48.5 Å². The van der Waals surface area contributed by atoms with Crippen LogP contribution < -0.4 is 15.4 Å². The highest BCUT2D eigenvalue weighted by Gasteiger charge is 2.56. The van der Waals surface area contributed by atoms with Crippen molar-refractivity contribution < 1.29 is 28.6 Å². The summed E-state index contributed by atoms with van der Waals surface area (Å²) in [5, 5.41) is 17.5. The molecule has 2 aromatic rings. The third-order valence-corrected chi connectivity index (χ3v) is 10.3. The molecule has 1 aliphatic heterocycles. The minimum absolute atomic E-state index is 0.0220. The van der Waals surface area contributed by atoms with Crippen molar-refractivity contribution in [2.75, 3.05) is 13.2 Å². The smallest absolute Gasteiger partial charge is 0.258 e. The van der Waals surface area contributed by atoms with E-state index in [-0.39, 0.29) is 29.5 Å². The largest absolute Gasteiger partial charge is 0.484 e. The number of nitrogens with zero attached hydrogens (tertiary/aromatic N) is 1. The number of hydrogen-bond donors (Lipinski definition) is 3. The number of benzene rings is 2. The Morgan fingerprint density at radius 2 is 1.74 bits per heavy atom. The molecule has 2 bridgehead atoms. The van der Waals surface area contributed by atoms with E-state index in [1.54, 1.807) is 0 Å². The summed E-state index contributed by atoms with van der Waals surface area (Å²) >= 11 is 5.71. The lowest BCUT2D eigenvalue weighted by molar-refractivity contribution is -0.142. The standard InChI is InChI=1S/C33H41ClFN3O5/c34-25-13-12-24(18-26(25)35)42-21-29(40)36-33-16-14-32(15-17-33,19-28(33)39)37-30(41)27-20-38(23-10-6-1-2-7-11-23)31(43-27)22-8-4-3-5-9-22/h3-5,8-9,12-13,18,23,27-28,31,39H,1-2,6-7,10-11,14-17,19-21H2,(H,36,40)(H,37,41)/t27?,28-,31?,32?,33?/m0/s1. The van der Waals surface area contributed by atoms with Crippen LogP contribution in [0.2, 0.25) is 5.02 Å². The third kappa shape index (κ3) is 6.55. The Hall–Kier alpha value is -2.72. The fourth-order valence-corrected chi connectivity index (χ4v) is 7.68. The second-order valence-corrected chi connectivity index (χ2v) is 13.2. The summed E-state index contributed by atoms with van der Waals surface area (Å²) in [4.78, 5) is 28.9. The first-order valence-electron chi connectivity index (χ1n) is 15.6. The van der Waals surface area contributed by atoms with Gasteiger partial charge in [-0.3, -0.25) is 14.5 Å². The van der Waals surface area contributed by atoms with E-state index < -0.39 is 35.0 Å². The van der Waals surface area contributed by atoms with E-state index in [0.29, 0.717) is 44.7 Å². The lowest BCUT2D eigenvalue weighted by atomic mass is 9.60. The minimum atomic E-state index is -0.823. The first-order chi connectivity index (χ1) is 20.8. The van der Waals surface area contributed by atoms with Gasteiger partial charge in [0.15, 0.2) is 12.7 Å². The van der Waals surface area contributed by atoms with Crippen LogP contribution in [0, 0.1) is 5.82 Å². The van der Waals surface area contributed by atoms with Gasteiger partial charge >= 0.3 is 0 Å². The Kier molecular flexibility index (Phi) is 8.96. The molecule has 2 unspecified atom stereocenters. The highest BCUT2D eigenvalue weighted by Crippen LogP contribution is 2.47. The normalized spacial score (nSPS) is 31.4. The molecule has 43 heavy (non-hydrogen) atoms. The molecule has 4 saturated carbocycles. The zero-order valence-electron chi connectivity index (χ0n) is 24.4. The van der Waals surface area contributed by atoms with Crippen LogP contribution in [0.1, 0.15) is 82.4 Å². The molecule has 3 N–H and O–H groups in total. The molecule has 8 nitrogen and oxygen atoms in total. The summed E-state index contributed by atoms with van der Waals surface area (Å²) in [5.41, 5.74) is -0.255. The average Bonchev–Trinajstić information content (AvgIpc) is 3.28. The van der Waals surface area contributed by atoms with Crippen LogP contribution in [0.25, 0.3) is 0 Å². The van der Waals surface area contributed by atoms with E-state index in [0.717, 1.165) is 24.5 Å². The number of halogens is 2. The van der Waals surface area contributed by atoms with Gasteiger partial charge in [-0.15, -0.1) is 0 Å². The maximum Gasteiger partial charge on any atom is 0.258 e.